The Morgan fingerprint density at radius 1 is 1.20 bits per heavy atom. The van der Waals surface area contributed by atoms with Gasteiger partial charge in [0.05, 0.1) is 11.9 Å². The second-order valence-electron chi connectivity index (χ2n) is 4.02. The Bertz CT molecular complexity index is 600. The van der Waals surface area contributed by atoms with Gasteiger partial charge in [-0.2, -0.15) is 13.2 Å². The predicted molar refractivity (Wildman–Crippen MR) is 69.4 cm³/mol. The zero-order chi connectivity index (χ0) is 14.8. The molecule has 1 aromatic carbocycles. The molecule has 2 N–H and O–H groups in total. The molecule has 0 aliphatic carbocycles. The summed E-state index contributed by atoms with van der Waals surface area (Å²) >= 11 is 5.73. The molecule has 0 aliphatic rings. The monoisotopic (exact) mass is 302 g/mol. The van der Waals surface area contributed by atoms with E-state index >= 15 is 0 Å². The van der Waals surface area contributed by atoms with Gasteiger partial charge in [0.25, 0.3) is 0 Å². The predicted octanol–water partition coefficient (Wildman–Crippen LogP) is 3.92. The fourth-order valence-corrected chi connectivity index (χ4v) is 1.60. The highest BCUT2D eigenvalue weighted by Crippen LogP contribution is 2.32. The first-order valence-corrected chi connectivity index (χ1v) is 5.94. The highest BCUT2D eigenvalue weighted by molar-refractivity contribution is 6.30. The number of alkyl halides is 3. The molecule has 3 nitrogen and oxygen atoms in total. The van der Waals surface area contributed by atoms with Gasteiger partial charge >= 0.3 is 6.18 Å². The van der Waals surface area contributed by atoms with Gasteiger partial charge in [-0.15, -0.1) is 0 Å². The third-order valence-corrected chi connectivity index (χ3v) is 2.75. The van der Waals surface area contributed by atoms with Crippen LogP contribution in [0.3, 0.4) is 0 Å². The van der Waals surface area contributed by atoms with E-state index in [9.17, 15) is 13.2 Å². The molecule has 0 saturated heterocycles. The summed E-state index contributed by atoms with van der Waals surface area (Å²) in [5, 5.41) is 0.566. The summed E-state index contributed by atoms with van der Waals surface area (Å²) in [5.74, 6) is -0.0534. The minimum absolute atomic E-state index is 0.0481. The first kappa shape index (κ1) is 14.5. The lowest BCUT2D eigenvalue weighted by Crippen LogP contribution is -2.09. The van der Waals surface area contributed by atoms with Crippen LogP contribution in [0.5, 0.6) is 5.75 Å². The van der Waals surface area contributed by atoms with E-state index in [0.29, 0.717) is 5.02 Å². The van der Waals surface area contributed by atoms with Crippen LogP contribution in [-0.2, 0) is 12.8 Å². The second kappa shape index (κ2) is 5.58. The van der Waals surface area contributed by atoms with Gasteiger partial charge in [0.1, 0.15) is 18.1 Å². The Kier molecular flexibility index (Phi) is 4.04. The maximum Gasteiger partial charge on any atom is 0.433 e. The quantitative estimate of drug-likeness (QED) is 0.935. The summed E-state index contributed by atoms with van der Waals surface area (Å²) in [4.78, 5) is 3.23. The van der Waals surface area contributed by atoms with Crippen molar-refractivity contribution in [1.29, 1.82) is 0 Å². The maximum atomic E-state index is 12.5. The molecule has 0 atom stereocenters. The second-order valence-corrected chi connectivity index (χ2v) is 4.46. The molecule has 2 aromatic rings. The zero-order valence-corrected chi connectivity index (χ0v) is 10.9. The van der Waals surface area contributed by atoms with Crippen LogP contribution < -0.4 is 10.5 Å². The van der Waals surface area contributed by atoms with Crippen molar-refractivity contribution in [3.63, 3.8) is 0 Å². The van der Waals surface area contributed by atoms with E-state index in [2.05, 4.69) is 4.98 Å². The Morgan fingerprint density at radius 2 is 1.85 bits per heavy atom. The number of nitrogens with zero attached hydrogens (tertiary/aromatic N) is 1. The Morgan fingerprint density at radius 3 is 2.45 bits per heavy atom. The van der Waals surface area contributed by atoms with E-state index < -0.39 is 11.9 Å². The van der Waals surface area contributed by atoms with E-state index in [4.69, 9.17) is 22.1 Å². The summed E-state index contributed by atoms with van der Waals surface area (Å²) in [7, 11) is 0. The van der Waals surface area contributed by atoms with Crippen LogP contribution in [0.4, 0.5) is 18.9 Å². The number of hydrogen-bond donors (Lipinski definition) is 1. The summed E-state index contributed by atoms with van der Waals surface area (Å²) < 4.78 is 42.9. The molecule has 0 spiro atoms. The number of aromatic nitrogens is 1. The van der Waals surface area contributed by atoms with Crippen LogP contribution in [0, 0.1) is 0 Å². The number of nitrogen functional groups attached to an aromatic ring is 1. The number of ether oxygens (including phenoxy) is 1. The number of halogens is 4. The minimum Gasteiger partial charge on any atom is -0.487 e. The first-order chi connectivity index (χ1) is 9.36. The number of pyridine rings is 1. The molecule has 0 aliphatic heterocycles. The van der Waals surface area contributed by atoms with Crippen LogP contribution in [0.2, 0.25) is 5.02 Å². The van der Waals surface area contributed by atoms with Crippen LogP contribution >= 0.6 is 11.6 Å². The molecule has 7 heteroatoms. The standard InChI is InChI=1S/C13H10ClF3N2O/c14-9-3-1-8(2-4-9)7-20-11-5-12(13(15,16)17)19-6-10(11)18/h1-6H,7,18H2. The van der Waals surface area contributed by atoms with Gasteiger partial charge in [0, 0.05) is 11.1 Å². The number of anilines is 1. The van der Waals surface area contributed by atoms with E-state index in [1.54, 1.807) is 24.3 Å². The Balaban J connectivity index is 2.14. The highest BCUT2D eigenvalue weighted by atomic mass is 35.5. The Hall–Kier alpha value is -1.95. The van der Waals surface area contributed by atoms with Crippen molar-refractivity contribution in [3.05, 3.63) is 52.8 Å². The molecular formula is C13H10ClF3N2O. The molecule has 0 fully saturated rings. The molecular weight excluding hydrogens is 293 g/mol. The van der Waals surface area contributed by atoms with Crippen molar-refractivity contribution in [2.45, 2.75) is 12.8 Å². The van der Waals surface area contributed by atoms with E-state index in [0.717, 1.165) is 17.8 Å². The number of hydrogen-bond acceptors (Lipinski definition) is 3. The fourth-order valence-electron chi connectivity index (χ4n) is 1.47. The molecule has 0 bridgehead atoms. The minimum atomic E-state index is -4.54. The van der Waals surface area contributed by atoms with Crippen LogP contribution in [0.15, 0.2) is 36.5 Å². The van der Waals surface area contributed by atoms with Crippen molar-refractivity contribution in [2.24, 2.45) is 0 Å². The average molecular weight is 303 g/mol. The number of rotatable bonds is 3. The third kappa shape index (κ3) is 3.54. The van der Waals surface area contributed by atoms with Gasteiger partial charge in [-0.25, -0.2) is 4.98 Å². The third-order valence-electron chi connectivity index (χ3n) is 2.49. The van der Waals surface area contributed by atoms with Crippen molar-refractivity contribution in [1.82, 2.24) is 4.98 Å². The van der Waals surface area contributed by atoms with Gasteiger partial charge < -0.3 is 10.5 Å². The number of benzene rings is 1. The summed E-state index contributed by atoms with van der Waals surface area (Å²) in [6, 6.07) is 7.54. The van der Waals surface area contributed by atoms with Crippen molar-refractivity contribution < 1.29 is 17.9 Å². The van der Waals surface area contributed by atoms with E-state index in [1.165, 1.54) is 0 Å². The van der Waals surface area contributed by atoms with Crippen molar-refractivity contribution in [2.75, 3.05) is 5.73 Å². The van der Waals surface area contributed by atoms with E-state index in [-0.39, 0.29) is 18.0 Å². The molecule has 1 heterocycles. The van der Waals surface area contributed by atoms with Gasteiger partial charge in [0.2, 0.25) is 0 Å². The molecule has 0 unspecified atom stereocenters. The normalized spacial score (nSPS) is 11.4. The van der Waals surface area contributed by atoms with Crippen LogP contribution in [-0.4, -0.2) is 4.98 Å². The van der Waals surface area contributed by atoms with Gasteiger partial charge in [-0.1, -0.05) is 23.7 Å². The topological polar surface area (TPSA) is 48.1 Å². The summed E-state index contributed by atoms with van der Waals surface area (Å²) in [6.07, 6.45) is -3.61. The van der Waals surface area contributed by atoms with Crippen molar-refractivity contribution in [3.8, 4) is 5.75 Å². The Labute approximate surface area is 118 Å². The SMILES string of the molecule is Nc1cnc(C(F)(F)F)cc1OCc1ccc(Cl)cc1. The summed E-state index contributed by atoms with van der Waals surface area (Å²) in [6.45, 7) is 0.0860. The molecule has 0 amide bonds. The lowest BCUT2D eigenvalue weighted by molar-refractivity contribution is -0.141. The highest BCUT2D eigenvalue weighted by Gasteiger charge is 2.33. The molecule has 2 rings (SSSR count). The summed E-state index contributed by atoms with van der Waals surface area (Å²) in [5.41, 5.74) is 5.31. The maximum absolute atomic E-state index is 12.5. The number of nitrogens with two attached hydrogens (primary N) is 1. The van der Waals surface area contributed by atoms with Gasteiger partial charge in [0.15, 0.2) is 0 Å². The largest absolute Gasteiger partial charge is 0.487 e. The lowest BCUT2D eigenvalue weighted by atomic mass is 10.2. The van der Waals surface area contributed by atoms with Crippen LogP contribution in [0.25, 0.3) is 0 Å². The van der Waals surface area contributed by atoms with Gasteiger partial charge in [-0.05, 0) is 17.7 Å². The smallest absolute Gasteiger partial charge is 0.433 e. The molecule has 1 aromatic heterocycles. The fraction of sp³-hybridized carbons (Fsp3) is 0.154. The average Bonchev–Trinajstić information content (AvgIpc) is 2.38. The zero-order valence-electron chi connectivity index (χ0n) is 10.1. The molecule has 20 heavy (non-hydrogen) atoms. The van der Waals surface area contributed by atoms with Gasteiger partial charge in [-0.3, -0.25) is 0 Å². The molecule has 106 valence electrons. The molecule has 0 radical (unpaired) electrons. The first-order valence-electron chi connectivity index (χ1n) is 5.56. The lowest BCUT2D eigenvalue weighted by Gasteiger charge is -2.11. The van der Waals surface area contributed by atoms with Crippen LogP contribution in [0.1, 0.15) is 11.3 Å². The molecule has 0 saturated carbocycles. The van der Waals surface area contributed by atoms with Crippen molar-refractivity contribution >= 4 is 17.3 Å². The van der Waals surface area contributed by atoms with E-state index in [1.807, 2.05) is 0 Å².